The van der Waals surface area contributed by atoms with Gasteiger partial charge in [-0.1, -0.05) is 29.8 Å². The Morgan fingerprint density at radius 2 is 1.87 bits per heavy atom. The van der Waals surface area contributed by atoms with Crippen molar-refractivity contribution in [3.8, 4) is 0 Å². The van der Waals surface area contributed by atoms with E-state index in [4.69, 9.17) is 0 Å². The van der Waals surface area contributed by atoms with Crippen molar-refractivity contribution < 1.29 is 0 Å². The van der Waals surface area contributed by atoms with Crippen LogP contribution in [0.15, 0.2) is 24.3 Å². The molecule has 0 unspecified atom stereocenters. The van der Waals surface area contributed by atoms with Crippen LogP contribution in [0, 0.1) is 18.3 Å². The summed E-state index contributed by atoms with van der Waals surface area (Å²) in [5.74, 6) is 0.954. The van der Waals surface area contributed by atoms with Crippen molar-refractivity contribution in [2.24, 2.45) is 11.3 Å². The van der Waals surface area contributed by atoms with Gasteiger partial charge in [0.05, 0.1) is 0 Å². The lowest BCUT2D eigenvalue weighted by molar-refractivity contribution is 0.000892. The summed E-state index contributed by atoms with van der Waals surface area (Å²) in [4.78, 5) is 0. The average Bonchev–Trinajstić information content (AvgIpc) is 2.10. The molecule has 1 nitrogen and oxygen atoms in total. The third-order valence-electron chi connectivity index (χ3n) is 4.09. The Balaban J connectivity index is 1.56. The SMILES string of the molecule is Cc1ccc(CC2CC3(CNC3)C2)cc1. The molecule has 1 aromatic carbocycles. The largest absolute Gasteiger partial charge is 0.316 e. The van der Waals surface area contributed by atoms with Crippen LogP contribution in [0.3, 0.4) is 0 Å². The van der Waals surface area contributed by atoms with Crippen LogP contribution in [0.4, 0.5) is 0 Å². The number of rotatable bonds is 2. The van der Waals surface area contributed by atoms with Crippen molar-refractivity contribution in [1.82, 2.24) is 5.32 Å². The van der Waals surface area contributed by atoms with E-state index in [2.05, 4.69) is 36.5 Å². The van der Waals surface area contributed by atoms with Gasteiger partial charge in [0.25, 0.3) is 0 Å². The Morgan fingerprint density at radius 1 is 1.20 bits per heavy atom. The first-order valence-corrected chi connectivity index (χ1v) is 6.02. The number of aryl methyl sites for hydroxylation is 1. The summed E-state index contributed by atoms with van der Waals surface area (Å²) in [5, 5.41) is 3.40. The van der Waals surface area contributed by atoms with Crippen molar-refractivity contribution >= 4 is 0 Å². The van der Waals surface area contributed by atoms with Gasteiger partial charge in [-0.25, -0.2) is 0 Å². The highest BCUT2D eigenvalue weighted by molar-refractivity contribution is 5.22. The molecule has 15 heavy (non-hydrogen) atoms. The molecule has 1 aliphatic carbocycles. The quantitative estimate of drug-likeness (QED) is 0.775. The zero-order chi connectivity index (χ0) is 10.3. The van der Waals surface area contributed by atoms with E-state index in [1.807, 2.05) is 0 Å². The molecule has 0 amide bonds. The Bertz CT molecular complexity index is 340. The van der Waals surface area contributed by atoms with Gasteiger partial charge in [-0.15, -0.1) is 0 Å². The lowest BCUT2D eigenvalue weighted by atomic mass is 9.57. The Morgan fingerprint density at radius 3 is 2.40 bits per heavy atom. The normalized spacial score (nSPS) is 23.5. The van der Waals surface area contributed by atoms with Crippen LogP contribution in [0.2, 0.25) is 0 Å². The van der Waals surface area contributed by atoms with Crippen LogP contribution in [-0.4, -0.2) is 13.1 Å². The van der Waals surface area contributed by atoms with E-state index in [-0.39, 0.29) is 0 Å². The zero-order valence-electron chi connectivity index (χ0n) is 9.42. The fourth-order valence-electron chi connectivity index (χ4n) is 3.13. The summed E-state index contributed by atoms with van der Waals surface area (Å²) in [5.41, 5.74) is 3.62. The molecule has 0 atom stereocenters. The Labute approximate surface area is 91.9 Å². The fraction of sp³-hybridized carbons (Fsp3) is 0.571. The maximum Gasteiger partial charge on any atom is 0.00204 e. The molecule has 80 valence electrons. The molecule has 1 saturated heterocycles. The molecule has 1 N–H and O–H groups in total. The van der Waals surface area contributed by atoms with Crippen molar-refractivity contribution in [3.05, 3.63) is 35.4 Å². The molecule has 1 heteroatoms. The van der Waals surface area contributed by atoms with Crippen molar-refractivity contribution in [3.63, 3.8) is 0 Å². The molecular formula is C14H19N. The Hall–Kier alpha value is -0.820. The summed E-state index contributed by atoms with van der Waals surface area (Å²) in [6.45, 7) is 4.71. The summed E-state index contributed by atoms with van der Waals surface area (Å²) < 4.78 is 0. The van der Waals surface area contributed by atoms with E-state index in [0.29, 0.717) is 0 Å². The molecule has 1 aliphatic heterocycles. The second-order valence-electron chi connectivity index (χ2n) is 5.57. The first-order valence-electron chi connectivity index (χ1n) is 6.02. The van der Waals surface area contributed by atoms with E-state index < -0.39 is 0 Å². The second-order valence-corrected chi connectivity index (χ2v) is 5.57. The standard InChI is InChI=1S/C14H19N/c1-11-2-4-12(5-3-11)6-13-7-14(8-13)9-15-10-14/h2-5,13,15H,6-10H2,1H3. The number of hydrogen-bond acceptors (Lipinski definition) is 1. The Kier molecular flexibility index (Phi) is 2.10. The minimum atomic E-state index is 0.732. The lowest BCUT2D eigenvalue weighted by Gasteiger charge is -2.54. The third kappa shape index (κ3) is 1.69. The van der Waals surface area contributed by atoms with Gasteiger partial charge in [0.15, 0.2) is 0 Å². The van der Waals surface area contributed by atoms with Crippen LogP contribution >= 0.6 is 0 Å². The number of nitrogens with one attached hydrogen (secondary N) is 1. The molecule has 2 aliphatic rings. The smallest absolute Gasteiger partial charge is 0.00204 e. The molecule has 0 aromatic heterocycles. The molecule has 3 rings (SSSR count). The van der Waals surface area contributed by atoms with Gasteiger partial charge >= 0.3 is 0 Å². The van der Waals surface area contributed by atoms with Crippen molar-refractivity contribution in [1.29, 1.82) is 0 Å². The second kappa shape index (κ2) is 3.34. The van der Waals surface area contributed by atoms with Gasteiger partial charge in [-0.3, -0.25) is 0 Å². The van der Waals surface area contributed by atoms with E-state index in [1.165, 1.54) is 43.5 Å². The predicted octanol–water partition coefficient (Wildman–Crippen LogP) is 2.54. The van der Waals surface area contributed by atoms with E-state index in [0.717, 1.165) is 11.3 Å². The van der Waals surface area contributed by atoms with Gasteiger partial charge in [0.1, 0.15) is 0 Å². The van der Waals surface area contributed by atoms with Crippen LogP contribution in [0.25, 0.3) is 0 Å². The first-order chi connectivity index (χ1) is 7.26. The van der Waals surface area contributed by atoms with E-state index in [9.17, 15) is 0 Å². The van der Waals surface area contributed by atoms with Gasteiger partial charge in [0.2, 0.25) is 0 Å². The summed E-state index contributed by atoms with van der Waals surface area (Å²) in [6.07, 6.45) is 4.20. The van der Waals surface area contributed by atoms with Gasteiger partial charge in [0, 0.05) is 13.1 Å². The first kappa shape index (κ1) is 9.41. The topological polar surface area (TPSA) is 12.0 Å². The summed E-state index contributed by atoms with van der Waals surface area (Å²) in [7, 11) is 0. The predicted molar refractivity (Wildman–Crippen MR) is 62.9 cm³/mol. The lowest BCUT2D eigenvalue weighted by Crippen LogP contribution is -2.60. The molecule has 1 aromatic rings. The molecule has 1 heterocycles. The monoisotopic (exact) mass is 201 g/mol. The average molecular weight is 201 g/mol. The highest BCUT2D eigenvalue weighted by Gasteiger charge is 2.47. The molecular weight excluding hydrogens is 182 g/mol. The minimum absolute atomic E-state index is 0.732. The number of benzene rings is 1. The molecule has 1 saturated carbocycles. The summed E-state index contributed by atoms with van der Waals surface area (Å²) >= 11 is 0. The summed E-state index contributed by atoms with van der Waals surface area (Å²) in [6, 6.07) is 9.04. The minimum Gasteiger partial charge on any atom is -0.316 e. The highest BCUT2D eigenvalue weighted by atomic mass is 15.0. The zero-order valence-corrected chi connectivity index (χ0v) is 9.42. The molecule has 0 bridgehead atoms. The van der Waals surface area contributed by atoms with E-state index in [1.54, 1.807) is 0 Å². The van der Waals surface area contributed by atoms with Crippen LogP contribution in [-0.2, 0) is 6.42 Å². The van der Waals surface area contributed by atoms with E-state index >= 15 is 0 Å². The number of hydrogen-bond donors (Lipinski definition) is 1. The maximum atomic E-state index is 3.40. The fourth-order valence-corrected chi connectivity index (χ4v) is 3.13. The van der Waals surface area contributed by atoms with Gasteiger partial charge in [-0.05, 0) is 43.1 Å². The van der Waals surface area contributed by atoms with Crippen molar-refractivity contribution in [2.45, 2.75) is 26.2 Å². The third-order valence-corrected chi connectivity index (χ3v) is 4.09. The van der Waals surface area contributed by atoms with Crippen molar-refractivity contribution in [2.75, 3.05) is 13.1 Å². The van der Waals surface area contributed by atoms with Crippen LogP contribution < -0.4 is 5.32 Å². The van der Waals surface area contributed by atoms with Crippen LogP contribution in [0.1, 0.15) is 24.0 Å². The molecule has 2 fully saturated rings. The van der Waals surface area contributed by atoms with Crippen LogP contribution in [0.5, 0.6) is 0 Å². The maximum absolute atomic E-state index is 3.40. The molecule has 1 spiro atoms. The molecule has 0 radical (unpaired) electrons. The van der Waals surface area contributed by atoms with Gasteiger partial charge in [-0.2, -0.15) is 0 Å². The van der Waals surface area contributed by atoms with Gasteiger partial charge < -0.3 is 5.32 Å². The highest BCUT2D eigenvalue weighted by Crippen LogP contribution is 2.49.